The van der Waals surface area contributed by atoms with Gasteiger partial charge >= 0.3 is 12.1 Å². The topological polar surface area (TPSA) is 60.8 Å². The Morgan fingerprint density at radius 3 is 2.33 bits per heavy atom. The second kappa shape index (κ2) is 5.22. The van der Waals surface area contributed by atoms with Crippen molar-refractivity contribution in [2.24, 2.45) is 5.41 Å². The van der Waals surface area contributed by atoms with Gasteiger partial charge in [0.1, 0.15) is 5.75 Å². The lowest BCUT2D eigenvalue weighted by atomic mass is 9.86. The largest absolute Gasteiger partial charge is 0.508 e. The fourth-order valence-electron chi connectivity index (χ4n) is 2.66. The third-order valence-electron chi connectivity index (χ3n) is 4.17. The fourth-order valence-corrected chi connectivity index (χ4v) is 2.66. The third kappa shape index (κ3) is 2.70. The molecule has 0 spiro atoms. The van der Waals surface area contributed by atoms with Crippen molar-refractivity contribution in [2.45, 2.75) is 25.6 Å². The molecule has 0 saturated carbocycles. The first kappa shape index (κ1) is 15.6. The number of hydrogen-bond donors (Lipinski definition) is 2. The predicted molar refractivity (Wildman–Crippen MR) is 68.8 cm³/mol. The van der Waals surface area contributed by atoms with Gasteiger partial charge in [0.05, 0.1) is 0 Å². The highest BCUT2D eigenvalue weighted by Gasteiger charge is 2.63. The summed E-state index contributed by atoms with van der Waals surface area (Å²) in [5.74, 6) is -1.75. The zero-order valence-electron chi connectivity index (χ0n) is 11.4. The van der Waals surface area contributed by atoms with Crippen LogP contribution in [-0.2, 0) is 4.79 Å². The maximum absolute atomic E-state index is 13.1. The van der Waals surface area contributed by atoms with Crippen LogP contribution in [0.3, 0.4) is 0 Å². The minimum Gasteiger partial charge on any atom is -0.508 e. The molecule has 0 bridgehead atoms. The zero-order chi connectivity index (χ0) is 15.8. The van der Waals surface area contributed by atoms with Crippen molar-refractivity contribution in [1.82, 2.24) is 4.90 Å². The molecule has 2 N–H and O–H groups in total. The number of aliphatic carboxylic acids is 1. The summed E-state index contributed by atoms with van der Waals surface area (Å²) in [4.78, 5) is 12.6. The lowest BCUT2D eigenvalue weighted by Crippen LogP contribution is -2.47. The lowest BCUT2D eigenvalue weighted by molar-refractivity contribution is -0.227. The molecule has 4 nitrogen and oxygen atoms in total. The van der Waals surface area contributed by atoms with E-state index in [1.165, 1.54) is 17.0 Å². The summed E-state index contributed by atoms with van der Waals surface area (Å²) in [6.07, 6.45) is -5.23. The second-order valence-corrected chi connectivity index (χ2v) is 5.37. The second-order valence-electron chi connectivity index (χ2n) is 5.37. The molecule has 1 aliphatic heterocycles. The third-order valence-corrected chi connectivity index (χ3v) is 4.17. The van der Waals surface area contributed by atoms with E-state index in [0.717, 1.165) is 5.56 Å². The Bertz CT molecular complexity index is 529. The van der Waals surface area contributed by atoms with Gasteiger partial charge in [-0.3, -0.25) is 9.69 Å². The molecule has 1 aliphatic rings. The molecular weight excluding hydrogens is 287 g/mol. The number of hydrogen-bond acceptors (Lipinski definition) is 3. The van der Waals surface area contributed by atoms with E-state index in [-0.39, 0.29) is 18.3 Å². The molecule has 116 valence electrons. The summed E-state index contributed by atoms with van der Waals surface area (Å²) in [5.41, 5.74) is -1.96. The zero-order valence-corrected chi connectivity index (χ0v) is 11.4. The molecule has 1 fully saturated rings. The fraction of sp³-hybridized carbons (Fsp3) is 0.500. The molecule has 0 radical (unpaired) electrons. The number of alkyl halides is 3. The van der Waals surface area contributed by atoms with Crippen molar-refractivity contribution in [3.05, 3.63) is 29.8 Å². The first-order valence-corrected chi connectivity index (χ1v) is 6.50. The van der Waals surface area contributed by atoms with Gasteiger partial charge in [0.15, 0.2) is 5.41 Å². The van der Waals surface area contributed by atoms with Crippen LogP contribution in [0.5, 0.6) is 5.75 Å². The Morgan fingerprint density at radius 1 is 1.33 bits per heavy atom. The lowest BCUT2D eigenvalue weighted by Gasteiger charge is -2.29. The summed E-state index contributed by atoms with van der Waals surface area (Å²) in [7, 11) is 0. The normalized spacial score (nSPS) is 25.0. The average Bonchev–Trinajstić information content (AvgIpc) is 2.84. The summed E-state index contributed by atoms with van der Waals surface area (Å²) >= 11 is 0. The number of carbonyl (C=O) groups is 1. The van der Waals surface area contributed by atoms with Crippen LogP contribution in [0.2, 0.25) is 0 Å². The van der Waals surface area contributed by atoms with E-state index in [0.29, 0.717) is 0 Å². The van der Waals surface area contributed by atoms with Crippen LogP contribution >= 0.6 is 0 Å². The predicted octanol–water partition coefficient (Wildman–Crippen LogP) is 2.79. The first-order valence-electron chi connectivity index (χ1n) is 6.50. The van der Waals surface area contributed by atoms with Gasteiger partial charge in [0, 0.05) is 19.1 Å². The number of halogens is 3. The molecular formula is C14H16F3NO3. The van der Waals surface area contributed by atoms with Crippen molar-refractivity contribution in [1.29, 1.82) is 0 Å². The monoisotopic (exact) mass is 303 g/mol. The van der Waals surface area contributed by atoms with Gasteiger partial charge in [0.25, 0.3) is 0 Å². The molecule has 1 saturated heterocycles. The quantitative estimate of drug-likeness (QED) is 0.901. The molecule has 1 heterocycles. The molecule has 2 atom stereocenters. The van der Waals surface area contributed by atoms with E-state index in [9.17, 15) is 23.1 Å². The van der Waals surface area contributed by atoms with Crippen molar-refractivity contribution < 1.29 is 28.2 Å². The van der Waals surface area contributed by atoms with Crippen molar-refractivity contribution in [3.8, 4) is 5.75 Å². The van der Waals surface area contributed by atoms with Crippen molar-refractivity contribution in [2.75, 3.05) is 13.1 Å². The number of phenolic OH excluding ortho intramolecular Hbond substituents is 1. The van der Waals surface area contributed by atoms with E-state index < -0.39 is 30.5 Å². The average molecular weight is 303 g/mol. The number of phenols is 1. The Morgan fingerprint density at radius 2 is 1.90 bits per heavy atom. The van der Waals surface area contributed by atoms with Crippen LogP contribution in [0, 0.1) is 5.41 Å². The number of rotatable bonds is 3. The Labute approximate surface area is 119 Å². The molecule has 0 aromatic heterocycles. The highest BCUT2D eigenvalue weighted by Crippen LogP contribution is 2.47. The Balaban J connectivity index is 2.21. The molecule has 21 heavy (non-hydrogen) atoms. The van der Waals surface area contributed by atoms with Crippen molar-refractivity contribution >= 4 is 5.97 Å². The SMILES string of the molecule is CC(c1ccc(O)cc1)N1CCC(C(=O)O)(C(F)(F)F)C1. The van der Waals surface area contributed by atoms with Crippen LogP contribution in [-0.4, -0.2) is 40.3 Å². The molecule has 0 amide bonds. The van der Waals surface area contributed by atoms with Gasteiger partial charge in [-0.15, -0.1) is 0 Å². The minimum absolute atomic E-state index is 0.0633. The Kier molecular flexibility index (Phi) is 3.88. The van der Waals surface area contributed by atoms with Gasteiger partial charge < -0.3 is 10.2 Å². The maximum atomic E-state index is 13.1. The summed E-state index contributed by atoms with van der Waals surface area (Å²) in [5, 5.41) is 18.3. The summed E-state index contributed by atoms with van der Waals surface area (Å²) in [6.45, 7) is 1.22. The van der Waals surface area contributed by atoms with Crippen LogP contribution in [0.4, 0.5) is 13.2 Å². The number of aromatic hydroxyl groups is 1. The molecule has 2 unspecified atom stereocenters. The molecule has 1 aromatic carbocycles. The van der Waals surface area contributed by atoms with Gasteiger partial charge in [-0.1, -0.05) is 12.1 Å². The number of nitrogens with zero attached hydrogens (tertiary/aromatic N) is 1. The molecule has 2 rings (SSSR count). The van der Waals surface area contributed by atoms with Gasteiger partial charge in [-0.05, 0) is 31.0 Å². The molecule has 1 aromatic rings. The molecule has 7 heteroatoms. The van der Waals surface area contributed by atoms with E-state index in [4.69, 9.17) is 5.11 Å². The van der Waals surface area contributed by atoms with E-state index in [2.05, 4.69) is 0 Å². The number of carboxylic acids is 1. The van der Waals surface area contributed by atoms with Crippen LogP contribution < -0.4 is 0 Å². The van der Waals surface area contributed by atoms with E-state index in [1.54, 1.807) is 19.1 Å². The smallest absolute Gasteiger partial charge is 0.406 e. The highest BCUT2D eigenvalue weighted by atomic mass is 19.4. The number of benzene rings is 1. The van der Waals surface area contributed by atoms with Gasteiger partial charge in [-0.2, -0.15) is 13.2 Å². The Hall–Kier alpha value is -1.76. The van der Waals surface area contributed by atoms with E-state index in [1.807, 2.05) is 0 Å². The standard InChI is InChI=1S/C14H16F3NO3/c1-9(10-2-4-11(19)5-3-10)18-7-6-13(8-18,12(20)21)14(15,16)17/h2-5,9,19H,6-8H2,1H3,(H,20,21). The van der Waals surface area contributed by atoms with Crippen LogP contribution in [0.25, 0.3) is 0 Å². The number of likely N-dealkylation sites (tertiary alicyclic amines) is 1. The number of carboxylic acid groups (broad SMARTS) is 1. The van der Waals surface area contributed by atoms with Gasteiger partial charge in [-0.25, -0.2) is 0 Å². The van der Waals surface area contributed by atoms with Crippen molar-refractivity contribution in [3.63, 3.8) is 0 Å². The summed E-state index contributed by atoms with van der Waals surface area (Å²) < 4.78 is 39.4. The molecule has 0 aliphatic carbocycles. The van der Waals surface area contributed by atoms with Crippen LogP contribution in [0.1, 0.15) is 24.9 Å². The highest BCUT2D eigenvalue weighted by molar-refractivity contribution is 5.76. The van der Waals surface area contributed by atoms with Gasteiger partial charge in [0.2, 0.25) is 0 Å². The first-order chi connectivity index (χ1) is 9.67. The summed E-state index contributed by atoms with van der Waals surface area (Å²) in [6, 6.07) is 5.80. The van der Waals surface area contributed by atoms with Crippen LogP contribution in [0.15, 0.2) is 24.3 Å². The van der Waals surface area contributed by atoms with E-state index >= 15 is 0 Å². The maximum Gasteiger partial charge on any atom is 0.406 e. The minimum atomic E-state index is -4.78.